The van der Waals surface area contributed by atoms with E-state index in [1.54, 1.807) is 18.2 Å². The first-order valence-electron chi connectivity index (χ1n) is 7.57. The first kappa shape index (κ1) is 14.6. The van der Waals surface area contributed by atoms with Crippen LogP contribution in [0.3, 0.4) is 0 Å². The lowest BCUT2D eigenvalue weighted by Crippen LogP contribution is -3.12. The average Bonchev–Trinajstić information content (AvgIpc) is 2.55. The van der Waals surface area contributed by atoms with Gasteiger partial charge in [-0.15, -0.1) is 5.10 Å². The van der Waals surface area contributed by atoms with Crippen molar-refractivity contribution in [2.75, 3.05) is 33.2 Å². The van der Waals surface area contributed by atoms with Crippen LogP contribution in [0, 0.1) is 0 Å². The van der Waals surface area contributed by atoms with E-state index in [2.05, 4.69) is 17.4 Å². The summed E-state index contributed by atoms with van der Waals surface area (Å²) in [5, 5.41) is 8.48. The van der Waals surface area contributed by atoms with E-state index in [-0.39, 0.29) is 24.4 Å². The number of quaternary nitrogens is 1. The highest BCUT2D eigenvalue weighted by molar-refractivity contribution is 5.77. The topological polar surface area (TPSA) is 72.5 Å². The third kappa shape index (κ3) is 2.99. The highest BCUT2D eigenvalue weighted by Crippen LogP contribution is 2.04. The lowest BCUT2D eigenvalue weighted by Gasteiger charge is -2.30. The molecule has 3 rings (SSSR count). The fourth-order valence-electron chi connectivity index (χ4n) is 2.67. The molecule has 22 heavy (non-hydrogen) atoms. The second kappa shape index (κ2) is 6.23. The lowest BCUT2D eigenvalue weighted by atomic mass is 10.2. The maximum absolute atomic E-state index is 12.3. The van der Waals surface area contributed by atoms with Crippen molar-refractivity contribution in [3.8, 4) is 0 Å². The zero-order valence-electron chi connectivity index (χ0n) is 12.7. The molecule has 0 unspecified atom stereocenters. The molecule has 1 aliphatic rings. The van der Waals surface area contributed by atoms with Crippen molar-refractivity contribution in [2.24, 2.45) is 0 Å². The molecule has 0 spiro atoms. The Kier molecular flexibility index (Phi) is 4.15. The molecule has 0 radical (unpaired) electrons. The van der Waals surface area contributed by atoms with Gasteiger partial charge in [0.2, 0.25) is 5.91 Å². The van der Waals surface area contributed by atoms with Crippen LogP contribution in [0.25, 0.3) is 10.9 Å². The first-order valence-corrected chi connectivity index (χ1v) is 7.57. The number of likely N-dealkylation sites (N-methyl/N-ethyl adjacent to an activating group) is 1. The van der Waals surface area contributed by atoms with Crippen LogP contribution in [0.1, 0.15) is 6.42 Å². The van der Waals surface area contributed by atoms with E-state index < -0.39 is 0 Å². The smallest absolute Gasteiger partial charge is 0.277 e. The molecule has 0 saturated carbocycles. The van der Waals surface area contributed by atoms with Gasteiger partial charge >= 0.3 is 0 Å². The molecule has 7 heteroatoms. The Labute approximate surface area is 128 Å². The fraction of sp³-hybridized carbons (Fsp3) is 0.467. The number of nitrogens with zero attached hydrogens (tertiary/aromatic N) is 4. The molecule has 1 aromatic heterocycles. The van der Waals surface area contributed by atoms with Crippen LogP contribution >= 0.6 is 0 Å². The number of rotatable bonds is 3. The summed E-state index contributed by atoms with van der Waals surface area (Å²) in [5.41, 5.74) is 0.387. The van der Waals surface area contributed by atoms with Crippen molar-refractivity contribution in [1.82, 2.24) is 19.9 Å². The Morgan fingerprint density at radius 3 is 2.77 bits per heavy atom. The summed E-state index contributed by atoms with van der Waals surface area (Å²) >= 11 is 0. The zero-order valence-corrected chi connectivity index (χ0v) is 12.7. The Bertz CT molecular complexity index is 734. The first-order chi connectivity index (χ1) is 10.6. The van der Waals surface area contributed by atoms with Crippen molar-refractivity contribution in [1.29, 1.82) is 0 Å². The minimum Gasteiger partial charge on any atom is -0.334 e. The van der Waals surface area contributed by atoms with Gasteiger partial charge in [-0.3, -0.25) is 9.59 Å². The van der Waals surface area contributed by atoms with Crippen LogP contribution in [0.4, 0.5) is 0 Å². The molecule has 0 atom stereocenters. The summed E-state index contributed by atoms with van der Waals surface area (Å²) in [7, 11) is 2.13. The molecule has 1 aliphatic heterocycles. The molecule has 0 bridgehead atoms. The van der Waals surface area contributed by atoms with Crippen molar-refractivity contribution in [3.05, 3.63) is 34.6 Å². The Balaban J connectivity index is 1.68. The largest absolute Gasteiger partial charge is 0.334 e. The summed E-state index contributed by atoms with van der Waals surface area (Å²) in [6, 6.07) is 7.10. The van der Waals surface area contributed by atoms with Gasteiger partial charge in [0, 0.05) is 6.42 Å². The number of aromatic nitrogens is 3. The van der Waals surface area contributed by atoms with Crippen LogP contribution in [0.15, 0.2) is 29.1 Å². The molecule has 2 aromatic rings. The molecule has 1 N–H and O–H groups in total. The van der Waals surface area contributed by atoms with Gasteiger partial charge in [0.25, 0.3) is 5.56 Å². The van der Waals surface area contributed by atoms with Gasteiger partial charge in [-0.2, -0.15) is 0 Å². The molecule has 1 fully saturated rings. The van der Waals surface area contributed by atoms with E-state index in [1.165, 1.54) is 9.58 Å². The maximum atomic E-state index is 12.3. The van der Waals surface area contributed by atoms with E-state index in [4.69, 9.17) is 0 Å². The monoisotopic (exact) mass is 302 g/mol. The number of benzene rings is 1. The fourth-order valence-corrected chi connectivity index (χ4v) is 2.67. The number of carbonyl (C=O) groups excluding carboxylic acids is 1. The van der Waals surface area contributed by atoms with Gasteiger partial charge in [0.05, 0.1) is 45.2 Å². The van der Waals surface area contributed by atoms with Crippen LogP contribution in [0.5, 0.6) is 0 Å². The lowest BCUT2D eigenvalue weighted by molar-refractivity contribution is -0.883. The van der Waals surface area contributed by atoms with Crippen LogP contribution in [0.2, 0.25) is 0 Å². The predicted octanol–water partition coefficient (Wildman–Crippen LogP) is -1.46. The molecule has 7 nitrogen and oxygen atoms in total. The van der Waals surface area contributed by atoms with Gasteiger partial charge in [0.15, 0.2) is 0 Å². The molecule has 0 aliphatic carbocycles. The van der Waals surface area contributed by atoms with E-state index >= 15 is 0 Å². The second-order valence-electron chi connectivity index (χ2n) is 5.72. The molecule has 1 amide bonds. The number of hydrogen-bond acceptors (Lipinski definition) is 4. The van der Waals surface area contributed by atoms with Crippen LogP contribution < -0.4 is 10.5 Å². The van der Waals surface area contributed by atoms with Crippen LogP contribution in [-0.4, -0.2) is 59.0 Å². The molecule has 1 saturated heterocycles. The standard InChI is InChI=1S/C15H19N5O2/c1-18-8-10-19(11-9-18)14(21)6-7-20-15(22)12-4-2-3-5-13(12)16-17-20/h2-5H,6-11H2,1H3/p+1. The molecule has 2 heterocycles. The van der Waals surface area contributed by atoms with Crippen molar-refractivity contribution < 1.29 is 9.69 Å². The van der Waals surface area contributed by atoms with Gasteiger partial charge in [-0.25, -0.2) is 4.68 Å². The minimum atomic E-state index is -0.193. The summed E-state index contributed by atoms with van der Waals surface area (Å²) in [5.74, 6) is 0.0781. The second-order valence-corrected chi connectivity index (χ2v) is 5.72. The highest BCUT2D eigenvalue weighted by Gasteiger charge is 2.21. The zero-order chi connectivity index (χ0) is 15.5. The van der Waals surface area contributed by atoms with E-state index in [0.717, 1.165) is 26.2 Å². The van der Waals surface area contributed by atoms with Gasteiger partial charge in [0.1, 0.15) is 5.52 Å². The SMILES string of the molecule is C[NH+]1CCN(C(=O)CCn2nnc3ccccc3c2=O)CC1. The van der Waals surface area contributed by atoms with Crippen molar-refractivity contribution >= 4 is 16.8 Å². The number of piperazine rings is 1. The number of fused-ring (bicyclic) bond motifs is 1. The summed E-state index contributed by atoms with van der Waals surface area (Å²) in [4.78, 5) is 27.8. The number of amides is 1. The Morgan fingerprint density at radius 1 is 1.27 bits per heavy atom. The van der Waals surface area contributed by atoms with Gasteiger partial charge < -0.3 is 9.80 Å². The summed E-state index contributed by atoms with van der Waals surface area (Å²) < 4.78 is 1.28. The summed E-state index contributed by atoms with van der Waals surface area (Å²) in [6.07, 6.45) is 0.284. The van der Waals surface area contributed by atoms with E-state index in [1.807, 2.05) is 11.0 Å². The Morgan fingerprint density at radius 2 is 2.00 bits per heavy atom. The highest BCUT2D eigenvalue weighted by atomic mass is 16.2. The third-order valence-corrected chi connectivity index (χ3v) is 4.14. The quantitative estimate of drug-likeness (QED) is 0.752. The average molecular weight is 302 g/mol. The Hall–Kier alpha value is -2.28. The normalized spacial score (nSPS) is 16.1. The van der Waals surface area contributed by atoms with Crippen molar-refractivity contribution in [3.63, 3.8) is 0 Å². The van der Waals surface area contributed by atoms with E-state index in [0.29, 0.717) is 10.9 Å². The van der Waals surface area contributed by atoms with Crippen LogP contribution in [-0.2, 0) is 11.3 Å². The van der Waals surface area contributed by atoms with E-state index in [9.17, 15) is 9.59 Å². The molecular weight excluding hydrogens is 282 g/mol. The molecule has 1 aromatic carbocycles. The number of carbonyl (C=O) groups is 1. The predicted molar refractivity (Wildman–Crippen MR) is 81.6 cm³/mol. The number of nitrogens with one attached hydrogen (secondary N) is 1. The third-order valence-electron chi connectivity index (χ3n) is 4.14. The van der Waals surface area contributed by atoms with Gasteiger partial charge in [-0.05, 0) is 12.1 Å². The number of hydrogen-bond donors (Lipinski definition) is 1. The van der Waals surface area contributed by atoms with Crippen molar-refractivity contribution in [2.45, 2.75) is 13.0 Å². The minimum absolute atomic E-state index is 0.0781. The molecule has 116 valence electrons. The van der Waals surface area contributed by atoms with Gasteiger partial charge in [-0.1, -0.05) is 17.3 Å². The number of aryl methyl sites for hydroxylation is 1. The maximum Gasteiger partial charge on any atom is 0.277 e. The molecular formula is C15H20N5O2+. The summed E-state index contributed by atoms with van der Waals surface area (Å²) in [6.45, 7) is 3.78.